The highest BCUT2D eigenvalue weighted by atomic mass is 35.5. The number of ether oxygens (including phenoxy) is 1. The van der Waals surface area contributed by atoms with Gasteiger partial charge in [-0.05, 0) is 66.4 Å². The highest BCUT2D eigenvalue weighted by Crippen LogP contribution is 2.42. The number of amides is 1. The van der Waals surface area contributed by atoms with Crippen molar-refractivity contribution in [3.05, 3.63) is 92.9 Å². The third-order valence-electron chi connectivity index (χ3n) is 5.10. The van der Waals surface area contributed by atoms with Gasteiger partial charge in [-0.1, -0.05) is 23.7 Å². The number of hydrogen-bond donors (Lipinski definition) is 1. The zero-order valence-electron chi connectivity index (χ0n) is 15.3. The van der Waals surface area contributed by atoms with Gasteiger partial charge in [0.1, 0.15) is 11.3 Å². The van der Waals surface area contributed by atoms with E-state index in [2.05, 4.69) is 4.98 Å². The summed E-state index contributed by atoms with van der Waals surface area (Å²) in [4.78, 5) is 30.0. The fraction of sp³-hybridized carbons (Fsp3) is 0.182. The van der Waals surface area contributed by atoms with Crippen LogP contribution in [0.25, 0.3) is 0 Å². The Morgan fingerprint density at radius 1 is 1.14 bits per heavy atom. The van der Waals surface area contributed by atoms with E-state index in [1.807, 2.05) is 18.2 Å². The Bertz CT molecular complexity index is 1080. The summed E-state index contributed by atoms with van der Waals surface area (Å²) in [6.07, 6.45) is 3.06. The number of pyridine rings is 1. The van der Waals surface area contributed by atoms with Gasteiger partial charge in [-0.25, -0.2) is 0 Å². The maximum atomic E-state index is 13.4. The van der Waals surface area contributed by atoms with E-state index >= 15 is 0 Å². The van der Waals surface area contributed by atoms with E-state index in [1.165, 1.54) is 6.20 Å². The van der Waals surface area contributed by atoms with Crippen LogP contribution in [-0.2, 0) is 6.42 Å². The van der Waals surface area contributed by atoms with Crippen molar-refractivity contribution >= 4 is 23.2 Å². The van der Waals surface area contributed by atoms with Crippen molar-refractivity contribution in [2.75, 3.05) is 12.0 Å². The van der Waals surface area contributed by atoms with Crippen LogP contribution in [0.15, 0.2) is 65.6 Å². The lowest BCUT2D eigenvalue weighted by molar-refractivity contribution is 0.0974. The Morgan fingerprint density at radius 2 is 1.93 bits per heavy atom. The molecule has 1 aliphatic rings. The molecule has 142 valence electrons. The van der Waals surface area contributed by atoms with Gasteiger partial charge in [0.2, 0.25) is 0 Å². The number of carbonyl (C=O) groups excluding carboxylic acids is 1. The largest absolute Gasteiger partial charge is 0.496 e. The van der Waals surface area contributed by atoms with Crippen molar-refractivity contribution in [3.8, 4) is 5.75 Å². The third-order valence-corrected chi connectivity index (χ3v) is 5.35. The van der Waals surface area contributed by atoms with Crippen molar-refractivity contribution in [3.63, 3.8) is 0 Å². The lowest BCUT2D eigenvalue weighted by Crippen LogP contribution is -2.37. The molecule has 1 aliphatic carbocycles. The first kappa shape index (κ1) is 18.3. The average molecular weight is 395 g/mol. The van der Waals surface area contributed by atoms with Crippen molar-refractivity contribution in [1.29, 1.82) is 0 Å². The summed E-state index contributed by atoms with van der Waals surface area (Å²) in [6.45, 7) is 0. The maximum Gasteiger partial charge on any atom is 0.264 e. The molecule has 1 atom stereocenters. The zero-order valence-corrected chi connectivity index (χ0v) is 16.1. The number of fused-ring (bicyclic) bond motifs is 1. The summed E-state index contributed by atoms with van der Waals surface area (Å²) in [6, 6.07) is 16.0. The van der Waals surface area contributed by atoms with Crippen molar-refractivity contribution in [1.82, 2.24) is 4.98 Å². The Kier molecular flexibility index (Phi) is 4.92. The highest BCUT2D eigenvalue weighted by molar-refractivity contribution is 6.30. The normalized spacial score (nSPS) is 15.1. The van der Waals surface area contributed by atoms with Gasteiger partial charge in [0, 0.05) is 16.9 Å². The minimum absolute atomic E-state index is 0.105. The molecular weight excluding hydrogens is 376 g/mol. The van der Waals surface area contributed by atoms with Crippen molar-refractivity contribution in [2.45, 2.75) is 18.9 Å². The summed E-state index contributed by atoms with van der Waals surface area (Å²) in [7, 11) is 1.65. The van der Waals surface area contributed by atoms with Crippen LogP contribution in [0.3, 0.4) is 0 Å². The van der Waals surface area contributed by atoms with Crippen molar-refractivity contribution < 1.29 is 9.53 Å². The molecule has 0 saturated heterocycles. The molecule has 0 aliphatic heterocycles. The van der Waals surface area contributed by atoms with Gasteiger partial charge in [-0.15, -0.1) is 0 Å². The van der Waals surface area contributed by atoms with Crippen LogP contribution >= 0.6 is 11.6 Å². The number of aromatic amines is 1. The first-order valence-electron chi connectivity index (χ1n) is 9.02. The molecule has 5 nitrogen and oxygen atoms in total. The van der Waals surface area contributed by atoms with E-state index in [0.717, 1.165) is 29.7 Å². The van der Waals surface area contributed by atoms with E-state index in [4.69, 9.17) is 16.3 Å². The number of halogens is 1. The fourth-order valence-corrected chi connectivity index (χ4v) is 3.94. The molecular formula is C22H19ClN2O3. The topological polar surface area (TPSA) is 62.4 Å². The lowest BCUT2D eigenvalue weighted by atomic mass is 10.0. The van der Waals surface area contributed by atoms with Gasteiger partial charge in [0.15, 0.2) is 0 Å². The second-order valence-corrected chi connectivity index (χ2v) is 7.08. The smallest absolute Gasteiger partial charge is 0.264 e. The van der Waals surface area contributed by atoms with Crippen molar-refractivity contribution in [2.24, 2.45) is 0 Å². The number of carbonyl (C=O) groups is 1. The summed E-state index contributed by atoms with van der Waals surface area (Å²) in [5, 5.41) is 0.585. The molecule has 1 amide bonds. The average Bonchev–Trinajstić information content (AvgIpc) is 3.14. The SMILES string of the molecule is COc1cccc2c1CCC2N(C(=O)c1ccc[nH]c1=O)c1ccc(Cl)cc1. The minimum atomic E-state index is -0.407. The van der Waals surface area contributed by atoms with Crippen LogP contribution in [0.2, 0.25) is 5.02 Å². The molecule has 3 aromatic rings. The number of aromatic nitrogens is 1. The standard InChI is InChI=1S/C22H19ClN2O3/c1-28-20-6-2-4-16-17(20)11-12-19(16)25(15-9-7-14(23)8-10-15)22(27)18-5-3-13-24-21(18)26/h2-10,13,19H,11-12H2,1H3,(H,24,26). The van der Waals surface area contributed by atoms with Gasteiger partial charge in [-0.2, -0.15) is 0 Å². The molecule has 28 heavy (non-hydrogen) atoms. The van der Waals surface area contributed by atoms with Gasteiger partial charge < -0.3 is 14.6 Å². The van der Waals surface area contributed by atoms with E-state index in [0.29, 0.717) is 10.7 Å². The van der Waals surface area contributed by atoms with E-state index in [9.17, 15) is 9.59 Å². The highest BCUT2D eigenvalue weighted by Gasteiger charge is 2.34. The molecule has 4 rings (SSSR count). The molecule has 0 saturated carbocycles. The number of nitrogens with zero attached hydrogens (tertiary/aromatic N) is 1. The fourth-order valence-electron chi connectivity index (χ4n) is 3.82. The quantitative estimate of drug-likeness (QED) is 0.714. The van der Waals surface area contributed by atoms with E-state index in [-0.39, 0.29) is 17.5 Å². The number of rotatable bonds is 4. The molecule has 1 N–H and O–H groups in total. The second kappa shape index (κ2) is 7.52. The Labute approximate surface area is 167 Å². The Morgan fingerprint density at radius 3 is 2.64 bits per heavy atom. The molecule has 2 aromatic carbocycles. The lowest BCUT2D eigenvalue weighted by Gasteiger charge is -2.30. The Balaban J connectivity index is 1.84. The molecule has 6 heteroatoms. The summed E-state index contributed by atoms with van der Waals surface area (Å²) < 4.78 is 5.49. The third kappa shape index (κ3) is 3.18. The predicted molar refractivity (Wildman–Crippen MR) is 109 cm³/mol. The molecule has 0 fully saturated rings. The monoisotopic (exact) mass is 394 g/mol. The van der Waals surface area contributed by atoms with Crippen LogP contribution in [0.1, 0.15) is 33.9 Å². The molecule has 1 unspecified atom stereocenters. The molecule has 0 radical (unpaired) electrons. The molecule has 0 spiro atoms. The van der Waals surface area contributed by atoms with Gasteiger partial charge in [0.05, 0.1) is 13.2 Å². The van der Waals surface area contributed by atoms with Gasteiger partial charge >= 0.3 is 0 Å². The number of H-pyrrole nitrogens is 1. The van der Waals surface area contributed by atoms with Crippen LogP contribution < -0.4 is 15.2 Å². The summed E-state index contributed by atoms with van der Waals surface area (Å²) >= 11 is 6.04. The first-order valence-corrected chi connectivity index (χ1v) is 9.40. The molecule has 1 heterocycles. The van der Waals surface area contributed by atoms with Crippen LogP contribution in [-0.4, -0.2) is 18.0 Å². The molecule has 1 aromatic heterocycles. The summed E-state index contributed by atoms with van der Waals surface area (Å²) in [5.74, 6) is 0.478. The Hall–Kier alpha value is -3.05. The van der Waals surface area contributed by atoms with Crippen LogP contribution in [0.5, 0.6) is 5.75 Å². The summed E-state index contributed by atoms with van der Waals surface area (Å²) in [5.41, 5.74) is 2.53. The number of benzene rings is 2. The van der Waals surface area contributed by atoms with E-state index in [1.54, 1.807) is 48.4 Å². The van der Waals surface area contributed by atoms with Crippen LogP contribution in [0.4, 0.5) is 5.69 Å². The number of methoxy groups -OCH3 is 1. The minimum Gasteiger partial charge on any atom is -0.496 e. The van der Waals surface area contributed by atoms with Gasteiger partial charge in [-0.3, -0.25) is 9.59 Å². The number of nitrogens with one attached hydrogen (secondary N) is 1. The second-order valence-electron chi connectivity index (χ2n) is 6.65. The van der Waals surface area contributed by atoms with Crippen LogP contribution in [0, 0.1) is 0 Å². The van der Waals surface area contributed by atoms with E-state index < -0.39 is 5.56 Å². The van der Waals surface area contributed by atoms with Gasteiger partial charge in [0.25, 0.3) is 11.5 Å². The zero-order chi connectivity index (χ0) is 19.7. The number of hydrogen-bond acceptors (Lipinski definition) is 3. The maximum absolute atomic E-state index is 13.4. The predicted octanol–water partition coefficient (Wildman–Crippen LogP) is 4.37. The number of anilines is 1. The first-order chi connectivity index (χ1) is 13.6. The molecule has 0 bridgehead atoms.